The highest BCUT2D eigenvalue weighted by Gasteiger charge is 2.26. The molecule has 0 bridgehead atoms. The Labute approximate surface area is 153 Å². The Balaban J connectivity index is 2.06. The van der Waals surface area contributed by atoms with E-state index in [0.717, 1.165) is 0 Å². The van der Waals surface area contributed by atoms with Gasteiger partial charge in [0.25, 0.3) is 5.91 Å². The molecule has 0 aliphatic carbocycles. The fourth-order valence-corrected chi connectivity index (χ4v) is 3.09. The summed E-state index contributed by atoms with van der Waals surface area (Å²) in [5.74, 6) is 0.322. The summed E-state index contributed by atoms with van der Waals surface area (Å²) in [6.07, 6.45) is 0. The number of nitrogens with one attached hydrogen (secondary N) is 1. The van der Waals surface area contributed by atoms with Crippen LogP contribution in [0.1, 0.15) is 32.4 Å². The number of nitrogens with two attached hydrogens (primary N) is 1. The molecule has 1 amide bonds. The van der Waals surface area contributed by atoms with Gasteiger partial charge in [-0.05, 0) is 25.1 Å². The Hall–Kier alpha value is -1.55. The zero-order valence-corrected chi connectivity index (χ0v) is 15.6. The largest absolute Gasteiger partial charge is 0.330 e. The molecule has 2 aromatic rings. The maximum absolute atomic E-state index is 12.5. The molecule has 0 aliphatic rings. The van der Waals surface area contributed by atoms with Gasteiger partial charge < -0.3 is 10.6 Å². The molecule has 3 N–H and O–H groups in total. The van der Waals surface area contributed by atoms with E-state index in [-0.39, 0.29) is 18.0 Å². The van der Waals surface area contributed by atoms with Crippen molar-refractivity contribution in [2.75, 3.05) is 5.32 Å². The summed E-state index contributed by atoms with van der Waals surface area (Å²) in [5, 5.41) is 5.95. The SMILES string of the molecule is CC(C)[C@@H]([NH2+][C@H](C)C(=O)Nc1ccc(Cl)cc1Cl)c1ccccc1. The summed E-state index contributed by atoms with van der Waals surface area (Å²) in [6, 6.07) is 15.3. The normalized spacial score (nSPS) is 13.6. The third-order valence-electron chi connectivity index (χ3n) is 4.00. The van der Waals surface area contributed by atoms with E-state index in [2.05, 4.69) is 36.6 Å². The molecule has 0 heterocycles. The van der Waals surface area contributed by atoms with Crippen molar-refractivity contribution in [2.45, 2.75) is 32.9 Å². The molecule has 0 aromatic heterocycles. The van der Waals surface area contributed by atoms with Crippen molar-refractivity contribution in [1.29, 1.82) is 0 Å². The lowest BCUT2D eigenvalue weighted by Crippen LogP contribution is -2.93. The number of halogens is 2. The number of hydrogen-bond donors (Lipinski definition) is 2. The van der Waals surface area contributed by atoms with E-state index in [1.54, 1.807) is 18.2 Å². The Bertz CT molecular complexity index is 689. The lowest BCUT2D eigenvalue weighted by atomic mass is 9.95. The summed E-state index contributed by atoms with van der Waals surface area (Å²) in [7, 11) is 0. The summed E-state index contributed by atoms with van der Waals surface area (Å²) in [5.41, 5.74) is 1.80. The Morgan fingerprint density at radius 1 is 1.04 bits per heavy atom. The van der Waals surface area contributed by atoms with Gasteiger partial charge in [0.15, 0.2) is 6.04 Å². The summed E-state index contributed by atoms with van der Waals surface area (Å²) >= 11 is 12.0. The number of hydrogen-bond acceptors (Lipinski definition) is 1. The monoisotopic (exact) mass is 365 g/mol. The summed E-state index contributed by atoms with van der Waals surface area (Å²) in [6.45, 7) is 6.22. The Morgan fingerprint density at radius 3 is 2.29 bits per heavy atom. The molecular formula is C19H23Cl2N2O+. The minimum Gasteiger partial charge on any atom is -0.330 e. The molecule has 0 fully saturated rings. The second-order valence-corrected chi connectivity index (χ2v) is 7.12. The van der Waals surface area contributed by atoms with Crippen LogP contribution in [0.4, 0.5) is 5.69 Å². The highest BCUT2D eigenvalue weighted by atomic mass is 35.5. The van der Waals surface area contributed by atoms with E-state index in [1.807, 2.05) is 25.1 Å². The third-order valence-corrected chi connectivity index (χ3v) is 4.55. The molecule has 2 rings (SSSR count). The van der Waals surface area contributed by atoms with E-state index >= 15 is 0 Å². The number of anilines is 1. The van der Waals surface area contributed by atoms with Crippen LogP contribution >= 0.6 is 23.2 Å². The van der Waals surface area contributed by atoms with Crippen LogP contribution < -0.4 is 10.6 Å². The predicted octanol–water partition coefficient (Wildman–Crippen LogP) is 4.28. The molecule has 5 heteroatoms. The van der Waals surface area contributed by atoms with Gasteiger partial charge >= 0.3 is 0 Å². The minimum atomic E-state index is -0.246. The molecule has 2 aromatic carbocycles. The van der Waals surface area contributed by atoms with Crippen LogP contribution in [-0.4, -0.2) is 11.9 Å². The van der Waals surface area contributed by atoms with Crippen LogP contribution in [0.5, 0.6) is 0 Å². The molecule has 0 spiro atoms. The Kier molecular flexibility index (Phi) is 6.67. The van der Waals surface area contributed by atoms with Gasteiger partial charge in [-0.3, -0.25) is 4.79 Å². The van der Waals surface area contributed by atoms with Crippen LogP contribution in [0.2, 0.25) is 10.0 Å². The quantitative estimate of drug-likeness (QED) is 0.788. The van der Waals surface area contributed by atoms with Crippen molar-refractivity contribution in [3.05, 3.63) is 64.1 Å². The number of carbonyl (C=O) groups is 1. The molecule has 0 radical (unpaired) electrons. The van der Waals surface area contributed by atoms with E-state index < -0.39 is 0 Å². The van der Waals surface area contributed by atoms with Crippen LogP contribution in [-0.2, 0) is 4.79 Å². The first-order valence-corrected chi connectivity index (χ1v) is 8.80. The van der Waals surface area contributed by atoms with Crippen molar-refractivity contribution < 1.29 is 10.1 Å². The molecule has 3 nitrogen and oxygen atoms in total. The van der Waals surface area contributed by atoms with Crippen LogP contribution in [0.15, 0.2) is 48.5 Å². The second-order valence-electron chi connectivity index (χ2n) is 6.28. The van der Waals surface area contributed by atoms with Crippen LogP contribution in [0, 0.1) is 5.92 Å². The zero-order chi connectivity index (χ0) is 17.7. The third kappa shape index (κ3) is 4.97. The van der Waals surface area contributed by atoms with Gasteiger partial charge in [0.05, 0.1) is 10.7 Å². The molecule has 0 unspecified atom stereocenters. The van der Waals surface area contributed by atoms with Gasteiger partial charge in [0.1, 0.15) is 6.04 Å². The van der Waals surface area contributed by atoms with Gasteiger partial charge in [-0.1, -0.05) is 67.4 Å². The van der Waals surface area contributed by atoms with Gasteiger partial charge in [0, 0.05) is 16.5 Å². The lowest BCUT2D eigenvalue weighted by molar-refractivity contribution is -0.718. The number of benzene rings is 2. The van der Waals surface area contributed by atoms with Crippen LogP contribution in [0.3, 0.4) is 0 Å². The first-order valence-electron chi connectivity index (χ1n) is 8.04. The molecule has 128 valence electrons. The van der Waals surface area contributed by atoms with E-state index in [4.69, 9.17) is 23.2 Å². The first-order chi connectivity index (χ1) is 11.4. The number of amides is 1. The molecule has 2 atom stereocenters. The summed E-state index contributed by atoms with van der Waals surface area (Å²) in [4.78, 5) is 12.5. The zero-order valence-electron chi connectivity index (χ0n) is 14.1. The fraction of sp³-hybridized carbons (Fsp3) is 0.316. The lowest BCUT2D eigenvalue weighted by Gasteiger charge is -2.23. The highest BCUT2D eigenvalue weighted by molar-refractivity contribution is 6.36. The molecule has 24 heavy (non-hydrogen) atoms. The molecule has 0 saturated heterocycles. The second kappa shape index (κ2) is 8.52. The maximum atomic E-state index is 12.5. The minimum absolute atomic E-state index is 0.0826. The summed E-state index contributed by atoms with van der Waals surface area (Å²) < 4.78 is 0. The number of quaternary nitrogens is 1. The highest BCUT2D eigenvalue weighted by Crippen LogP contribution is 2.25. The van der Waals surface area contributed by atoms with Gasteiger partial charge in [-0.25, -0.2) is 0 Å². The van der Waals surface area contributed by atoms with Crippen molar-refractivity contribution in [3.63, 3.8) is 0 Å². The van der Waals surface area contributed by atoms with Crippen molar-refractivity contribution in [2.24, 2.45) is 5.92 Å². The van der Waals surface area contributed by atoms with E-state index in [1.165, 1.54) is 5.56 Å². The molecule has 0 aliphatic heterocycles. The molecule has 0 saturated carbocycles. The molecular weight excluding hydrogens is 343 g/mol. The van der Waals surface area contributed by atoms with E-state index in [9.17, 15) is 4.79 Å². The van der Waals surface area contributed by atoms with Crippen molar-refractivity contribution in [3.8, 4) is 0 Å². The van der Waals surface area contributed by atoms with Gasteiger partial charge in [-0.2, -0.15) is 0 Å². The van der Waals surface area contributed by atoms with Crippen molar-refractivity contribution in [1.82, 2.24) is 0 Å². The standard InChI is InChI=1S/C19H22Cl2N2O/c1-12(2)18(14-7-5-4-6-8-14)22-13(3)19(24)23-17-10-9-15(20)11-16(17)21/h4-13,18,22H,1-3H3,(H,23,24)/p+1/t13-,18-/m1/s1. The predicted molar refractivity (Wildman–Crippen MR) is 101 cm³/mol. The fourth-order valence-electron chi connectivity index (χ4n) is 2.63. The smallest absolute Gasteiger partial charge is 0.282 e. The van der Waals surface area contributed by atoms with Gasteiger partial charge in [-0.15, -0.1) is 0 Å². The van der Waals surface area contributed by atoms with E-state index in [0.29, 0.717) is 21.7 Å². The number of rotatable bonds is 6. The Morgan fingerprint density at radius 2 is 1.71 bits per heavy atom. The van der Waals surface area contributed by atoms with Crippen molar-refractivity contribution >= 4 is 34.8 Å². The average molecular weight is 366 g/mol. The van der Waals surface area contributed by atoms with Crippen LogP contribution in [0.25, 0.3) is 0 Å². The van der Waals surface area contributed by atoms with Gasteiger partial charge in [0.2, 0.25) is 0 Å². The topological polar surface area (TPSA) is 45.7 Å². The maximum Gasteiger partial charge on any atom is 0.282 e. The first kappa shape index (κ1) is 18.8. The average Bonchev–Trinajstić information content (AvgIpc) is 2.55. The number of carbonyl (C=O) groups excluding carboxylic acids is 1.